The molecule has 2 aromatic rings. The van der Waals surface area contributed by atoms with Crippen LogP contribution in [0.1, 0.15) is 53.5 Å². The molecule has 34 heavy (non-hydrogen) atoms. The maximum atomic E-state index is 15.4. The number of benzene rings is 2. The van der Waals surface area contributed by atoms with Crippen LogP contribution in [0.5, 0.6) is 5.75 Å². The summed E-state index contributed by atoms with van der Waals surface area (Å²) in [7, 11) is 0. The van der Waals surface area contributed by atoms with E-state index in [9.17, 15) is 14.4 Å². The van der Waals surface area contributed by atoms with Gasteiger partial charge in [-0.3, -0.25) is 24.6 Å². The molecule has 0 spiro atoms. The number of ether oxygens (including phenoxy) is 2. The Labute approximate surface area is 210 Å². The molecular weight excluding hydrogens is 441 g/mol. The molecule has 5 rings (SSSR count). The number of morpholine rings is 1. The summed E-state index contributed by atoms with van der Waals surface area (Å²) in [4.78, 5) is 40.6. The van der Waals surface area contributed by atoms with Gasteiger partial charge in [0.25, 0.3) is 5.91 Å². The van der Waals surface area contributed by atoms with Gasteiger partial charge in [-0.2, -0.15) is 0 Å². The Morgan fingerprint density at radius 2 is 2.03 bits per heavy atom. The van der Waals surface area contributed by atoms with Crippen LogP contribution >= 0.6 is 0 Å². The lowest BCUT2D eigenvalue weighted by Crippen LogP contribution is -2.52. The molecule has 3 aliphatic rings. The van der Waals surface area contributed by atoms with Crippen LogP contribution in [-0.2, 0) is 34.0 Å². The zero-order valence-electron chi connectivity index (χ0n) is 27.8. The fourth-order valence-corrected chi connectivity index (χ4v) is 3.85. The van der Waals surface area contributed by atoms with Crippen LogP contribution in [-0.4, -0.2) is 59.9 Å². The highest BCUT2D eigenvalue weighted by Crippen LogP contribution is 2.34. The number of amides is 3. The van der Waals surface area contributed by atoms with E-state index >= 15 is 4.39 Å². The predicted octanol–water partition coefficient (Wildman–Crippen LogP) is 2.00. The number of carbonyl (C=O) groups excluding carboxylic acids is 3. The number of piperidine rings is 1. The fraction of sp³-hybridized carbons (Fsp3) is 0.400. The van der Waals surface area contributed by atoms with E-state index < -0.39 is 109 Å². The van der Waals surface area contributed by atoms with Crippen LogP contribution in [0.15, 0.2) is 36.3 Å². The molecule has 0 saturated carbocycles. The Bertz CT molecular complexity index is 1570. The first-order valence-corrected chi connectivity index (χ1v) is 10.5. The van der Waals surface area contributed by atoms with Crippen LogP contribution < -0.4 is 10.1 Å². The molecule has 0 aliphatic carbocycles. The first-order chi connectivity index (χ1) is 20.5. The van der Waals surface area contributed by atoms with Crippen molar-refractivity contribution in [3.63, 3.8) is 0 Å². The van der Waals surface area contributed by atoms with Crippen molar-refractivity contribution in [1.82, 2.24) is 15.1 Å². The predicted molar refractivity (Wildman–Crippen MR) is 119 cm³/mol. The van der Waals surface area contributed by atoms with Gasteiger partial charge in [-0.15, -0.1) is 0 Å². The van der Waals surface area contributed by atoms with Crippen molar-refractivity contribution in [2.24, 2.45) is 0 Å². The minimum atomic E-state index is -3.23. The van der Waals surface area contributed by atoms with Gasteiger partial charge in [0.05, 0.1) is 28.0 Å². The largest absolute Gasteiger partial charge is 0.488 e. The maximum absolute atomic E-state index is 15.4. The Morgan fingerprint density at radius 3 is 2.85 bits per heavy atom. The van der Waals surface area contributed by atoms with Gasteiger partial charge in [0, 0.05) is 48.2 Å². The van der Waals surface area contributed by atoms with Crippen molar-refractivity contribution in [2.45, 2.75) is 38.5 Å². The monoisotopic (exact) mass is 477 g/mol. The molecule has 1 unspecified atom stereocenters. The second-order valence-electron chi connectivity index (χ2n) is 7.80. The second-order valence-corrected chi connectivity index (χ2v) is 7.80. The molecule has 1 N–H and O–H groups in total. The minimum absolute atomic E-state index is 0.00756. The van der Waals surface area contributed by atoms with Crippen LogP contribution in [0.4, 0.5) is 4.39 Å². The molecule has 3 aliphatic heterocycles. The quantitative estimate of drug-likeness (QED) is 0.641. The topological polar surface area (TPSA) is 88.2 Å². The zero-order valence-corrected chi connectivity index (χ0v) is 17.8. The van der Waals surface area contributed by atoms with Gasteiger partial charge in [-0.1, -0.05) is 18.1 Å². The number of halogens is 1. The SMILES string of the molecule is [2H]c1c([2H])c(OCc2c([2H])c([2H])c(CN3CCOCC3)c([2H])c2F)c2c(c1[2H])C(=O)N(C1C(=O)NC(=O)C([2H])([2H])C1([2H])[2H])C2. The third-order valence-corrected chi connectivity index (χ3v) is 5.60. The Kier molecular flexibility index (Phi) is 3.79. The third-order valence-electron chi connectivity index (χ3n) is 5.60. The molecule has 1 atom stereocenters. The molecule has 2 aromatic carbocycles. The van der Waals surface area contributed by atoms with Gasteiger partial charge < -0.3 is 14.4 Å². The zero-order chi connectivity index (χ0) is 32.5. The molecule has 3 heterocycles. The number of carbonyl (C=O) groups is 3. The van der Waals surface area contributed by atoms with Crippen LogP contribution in [0, 0.1) is 5.82 Å². The number of fused-ring (bicyclic) bond motifs is 1. The molecule has 0 radical (unpaired) electrons. The van der Waals surface area contributed by atoms with E-state index in [4.69, 9.17) is 23.2 Å². The molecule has 0 aromatic heterocycles. The minimum Gasteiger partial charge on any atom is -0.488 e. The standard InChI is InChI=1S/C25H26FN3O5/c26-20-12-16(13-28-8-10-33-11-9-28)4-5-17(20)15-34-22-3-1-2-18-19(22)14-29(25(18)32)21-6-7-23(30)27-24(21)31/h1-5,12,21H,6-11,13-15H2,(H,27,30,31)/i1D,2D,3D,4D,5D,6D2,7D2,12D. The summed E-state index contributed by atoms with van der Waals surface area (Å²) in [5, 5.41) is 1.71. The van der Waals surface area contributed by atoms with Crippen molar-refractivity contribution in [3.05, 3.63) is 64.3 Å². The summed E-state index contributed by atoms with van der Waals surface area (Å²) < 4.78 is 109. The lowest BCUT2D eigenvalue weighted by Gasteiger charge is -2.29. The summed E-state index contributed by atoms with van der Waals surface area (Å²) in [5.74, 6) is -5.66. The van der Waals surface area contributed by atoms with E-state index in [-0.39, 0.29) is 17.7 Å². The van der Waals surface area contributed by atoms with Gasteiger partial charge in [-0.25, -0.2) is 4.39 Å². The van der Waals surface area contributed by atoms with Gasteiger partial charge in [0.15, 0.2) is 0 Å². The first kappa shape index (κ1) is 13.6. The summed E-state index contributed by atoms with van der Waals surface area (Å²) in [5.41, 5.74) is -1.28. The fourth-order valence-electron chi connectivity index (χ4n) is 3.85. The van der Waals surface area contributed by atoms with Gasteiger partial charge in [0.1, 0.15) is 24.2 Å². The van der Waals surface area contributed by atoms with Crippen LogP contribution in [0.3, 0.4) is 0 Å². The van der Waals surface area contributed by atoms with Crippen molar-refractivity contribution in [2.75, 3.05) is 26.3 Å². The Balaban J connectivity index is 1.49. The summed E-state index contributed by atoms with van der Waals surface area (Å²) >= 11 is 0. The lowest BCUT2D eigenvalue weighted by atomic mass is 10.0. The molecular formula is C25H26FN3O5. The average Bonchev–Trinajstić information content (AvgIpc) is 3.30. The highest BCUT2D eigenvalue weighted by atomic mass is 19.1. The highest BCUT2D eigenvalue weighted by molar-refractivity contribution is 6.05. The number of hydrogen-bond donors (Lipinski definition) is 1. The average molecular weight is 478 g/mol. The number of hydrogen-bond acceptors (Lipinski definition) is 6. The van der Waals surface area contributed by atoms with E-state index in [0.717, 1.165) is 0 Å². The number of nitrogens with zero attached hydrogens (tertiary/aromatic N) is 2. The van der Waals surface area contributed by atoms with Crippen LogP contribution in [0.2, 0.25) is 0 Å². The van der Waals surface area contributed by atoms with Crippen molar-refractivity contribution in [3.8, 4) is 5.75 Å². The summed E-state index contributed by atoms with van der Waals surface area (Å²) in [6, 6.07) is -6.03. The smallest absolute Gasteiger partial charge is 0.255 e. The van der Waals surface area contributed by atoms with Gasteiger partial charge in [0.2, 0.25) is 11.8 Å². The highest BCUT2D eigenvalue weighted by Gasteiger charge is 2.40. The number of rotatable bonds is 6. The van der Waals surface area contributed by atoms with E-state index in [1.807, 2.05) is 4.90 Å². The van der Waals surface area contributed by atoms with Gasteiger partial charge >= 0.3 is 0 Å². The van der Waals surface area contributed by atoms with E-state index in [1.54, 1.807) is 5.32 Å². The number of nitrogens with one attached hydrogen (secondary N) is 1. The molecule has 2 saturated heterocycles. The third kappa shape index (κ3) is 4.53. The van der Waals surface area contributed by atoms with E-state index in [0.29, 0.717) is 31.2 Å². The van der Waals surface area contributed by atoms with Crippen molar-refractivity contribution >= 4 is 17.7 Å². The second kappa shape index (κ2) is 9.52. The van der Waals surface area contributed by atoms with E-state index in [1.165, 1.54) is 0 Å². The molecule has 9 heteroatoms. The molecule has 178 valence electrons. The summed E-state index contributed by atoms with van der Waals surface area (Å²) in [6.45, 7) is 0.400. The van der Waals surface area contributed by atoms with Crippen molar-refractivity contribution in [1.29, 1.82) is 0 Å². The summed E-state index contributed by atoms with van der Waals surface area (Å²) in [6.07, 6.45) is -6.45. The molecule has 3 amide bonds. The first-order valence-electron chi connectivity index (χ1n) is 15.5. The molecule has 8 nitrogen and oxygen atoms in total. The number of imide groups is 1. The van der Waals surface area contributed by atoms with Gasteiger partial charge in [-0.05, 0) is 30.1 Å². The van der Waals surface area contributed by atoms with E-state index in [2.05, 4.69) is 0 Å². The normalized spacial score (nSPS) is 28.1. The molecule has 0 bridgehead atoms. The Morgan fingerprint density at radius 1 is 1.21 bits per heavy atom. The van der Waals surface area contributed by atoms with Crippen molar-refractivity contribution < 1.29 is 42.0 Å². The van der Waals surface area contributed by atoms with Crippen LogP contribution in [0.25, 0.3) is 0 Å². The maximum Gasteiger partial charge on any atom is 0.255 e. The lowest BCUT2D eigenvalue weighted by molar-refractivity contribution is -0.136. The Hall–Kier alpha value is -3.30. The molecule has 2 fully saturated rings.